The van der Waals surface area contributed by atoms with Crippen molar-refractivity contribution in [1.82, 2.24) is 4.72 Å². The molecule has 0 aromatic heterocycles. The van der Waals surface area contributed by atoms with Gasteiger partial charge in [0.25, 0.3) is 0 Å². The van der Waals surface area contributed by atoms with Gasteiger partial charge >= 0.3 is 10.2 Å². The van der Waals surface area contributed by atoms with Gasteiger partial charge in [-0.05, 0) is 43.7 Å². The number of anilines is 1. The molecule has 0 fully saturated rings. The minimum absolute atomic E-state index is 0.349. The summed E-state index contributed by atoms with van der Waals surface area (Å²) in [6, 6.07) is 6.92. The first-order valence-corrected chi connectivity index (χ1v) is 8.10. The summed E-state index contributed by atoms with van der Waals surface area (Å²) < 4.78 is 33.6. The van der Waals surface area contributed by atoms with Crippen molar-refractivity contribution in [2.24, 2.45) is 5.73 Å². The highest BCUT2D eigenvalue weighted by Gasteiger charge is 2.21. The Bertz CT molecular complexity index is 488. The van der Waals surface area contributed by atoms with Crippen LogP contribution in [0.5, 0.6) is 5.75 Å². The molecule has 0 bridgehead atoms. The van der Waals surface area contributed by atoms with E-state index in [1.54, 1.807) is 31.4 Å². The normalized spacial score (nSPS) is 11.3. The van der Waals surface area contributed by atoms with Crippen molar-refractivity contribution in [1.29, 1.82) is 0 Å². The fraction of sp³-hybridized carbons (Fsp3) is 0.538. The summed E-state index contributed by atoms with van der Waals surface area (Å²) in [5, 5.41) is 0. The number of benzene rings is 1. The third kappa shape index (κ3) is 4.66. The lowest BCUT2D eigenvalue weighted by Gasteiger charge is -2.24. The molecule has 6 nitrogen and oxygen atoms in total. The van der Waals surface area contributed by atoms with Gasteiger partial charge in [-0.15, -0.1) is 0 Å². The number of nitrogens with two attached hydrogens (primary N) is 1. The molecule has 3 N–H and O–H groups in total. The van der Waals surface area contributed by atoms with Gasteiger partial charge in [-0.2, -0.15) is 13.1 Å². The van der Waals surface area contributed by atoms with E-state index in [4.69, 9.17) is 10.5 Å². The first-order chi connectivity index (χ1) is 9.55. The van der Waals surface area contributed by atoms with Gasteiger partial charge in [0.05, 0.1) is 12.8 Å². The van der Waals surface area contributed by atoms with Crippen molar-refractivity contribution < 1.29 is 13.2 Å². The molecule has 0 spiro atoms. The molecule has 0 atom stereocenters. The van der Waals surface area contributed by atoms with Crippen molar-refractivity contribution in [2.45, 2.75) is 19.8 Å². The molecule has 0 heterocycles. The van der Waals surface area contributed by atoms with Crippen molar-refractivity contribution in [2.75, 3.05) is 31.0 Å². The van der Waals surface area contributed by atoms with Crippen LogP contribution >= 0.6 is 0 Å². The van der Waals surface area contributed by atoms with Gasteiger partial charge in [0.2, 0.25) is 0 Å². The lowest BCUT2D eigenvalue weighted by Crippen LogP contribution is -2.42. The van der Waals surface area contributed by atoms with Crippen LogP contribution in [-0.2, 0) is 10.2 Å². The summed E-state index contributed by atoms with van der Waals surface area (Å²) in [4.78, 5) is 0. The summed E-state index contributed by atoms with van der Waals surface area (Å²) in [6.45, 7) is 3.12. The minimum atomic E-state index is -3.54. The number of hydrogen-bond donors (Lipinski definition) is 2. The second-order valence-corrected chi connectivity index (χ2v) is 5.99. The van der Waals surface area contributed by atoms with Crippen LogP contribution in [0.25, 0.3) is 0 Å². The van der Waals surface area contributed by atoms with E-state index >= 15 is 0 Å². The predicted molar refractivity (Wildman–Crippen MR) is 81.2 cm³/mol. The monoisotopic (exact) mass is 301 g/mol. The molecule has 0 unspecified atom stereocenters. The summed E-state index contributed by atoms with van der Waals surface area (Å²) in [5.74, 6) is 0.687. The first kappa shape index (κ1) is 16.7. The highest BCUT2D eigenvalue weighted by atomic mass is 32.2. The average molecular weight is 301 g/mol. The molecule has 114 valence electrons. The van der Waals surface area contributed by atoms with E-state index in [-0.39, 0.29) is 0 Å². The molecule has 1 aromatic rings. The van der Waals surface area contributed by atoms with Gasteiger partial charge in [-0.1, -0.05) is 6.92 Å². The Morgan fingerprint density at radius 1 is 1.30 bits per heavy atom. The van der Waals surface area contributed by atoms with Crippen LogP contribution in [0.15, 0.2) is 24.3 Å². The third-order valence-corrected chi connectivity index (χ3v) is 4.29. The van der Waals surface area contributed by atoms with Gasteiger partial charge in [-0.3, -0.25) is 4.31 Å². The first-order valence-electron chi connectivity index (χ1n) is 6.66. The second kappa shape index (κ2) is 8.08. The largest absolute Gasteiger partial charge is 0.497 e. The standard InChI is InChI=1S/C13H23N3O3S/c1-3-10-15-20(17,18)16(11-4-9-14)12-5-7-13(19-2)8-6-12/h5-8,15H,3-4,9-11,14H2,1-2H3. The molecular formula is C13H23N3O3S. The van der Waals surface area contributed by atoms with Crippen LogP contribution in [0.2, 0.25) is 0 Å². The van der Waals surface area contributed by atoms with Crippen molar-refractivity contribution >= 4 is 15.9 Å². The second-order valence-electron chi connectivity index (χ2n) is 4.31. The van der Waals surface area contributed by atoms with Gasteiger partial charge in [0, 0.05) is 13.1 Å². The molecule has 0 aliphatic heterocycles. The van der Waals surface area contributed by atoms with E-state index < -0.39 is 10.2 Å². The molecule has 0 saturated heterocycles. The van der Waals surface area contributed by atoms with Crippen LogP contribution in [-0.4, -0.2) is 35.2 Å². The van der Waals surface area contributed by atoms with E-state index in [9.17, 15) is 8.42 Å². The molecule has 1 rings (SSSR count). The van der Waals surface area contributed by atoms with Crippen molar-refractivity contribution in [3.63, 3.8) is 0 Å². The summed E-state index contributed by atoms with van der Waals surface area (Å²) in [5.41, 5.74) is 6.08. The number of methoxy groups -OCH3 is 1. The van der Waals surface area contributed by atoms with E-state index in [0.717, 1.165) is 6.42 Å². The van der Waals surface area contributed by atoms with Crippen LogP contribution < -0.4 is 19.5 Å². The van der Waals surface area contributed by atoms with Gasteiger partial charge in [0.1, 0.15) is 5.75 Å². The number of nitrogens with zero attached hydrogens (tertiary/aromatic N) is 1. The summed E-state index contributed by atoms with van der Waals surface area (Å²) in [7, 11) is -1.97. The Labute approximate surface area is 121 Å². The molecule has 1 aromatic carbocycles. The maximum atomic E-state index is 12.3. The average Bonchev–Trinajstić information content (AvgIpc) is 2.46. The van der Waals surface area contributed by atoms with Gasteiger partial charge in [-0.25, -0.2) is 0 Å². The zero-order valence-corrected chi connectivity index (χ0v) is 12.8. The topological polar surface area (TPSA) is 84.7 Å². The SMILES string of the molecule is CCCNS(=O)(=O)N(CCCN)c1ccc(OC)cc1. The number of hydrogen-bond acceptors (Lipinski definition) is 4. The fourth-order valence-corrected chi connectivity index (χ4v) is 3.07. The van der Waals surface area contributed by atoms with Gasteiger partial charge < -0.3 is 10.5 Å². The van der Waals surface area contributed by atoms with Crippen LogP contribution in [0.1, 0.15) is 19.8 Å². The Morgan fingerprint density at radius 2 is 1.95 bits per heavy atom. The highest BCUT2D eigenvalue weighted by Crippen LogP contribution is 2.21. The summed E-state index contributed by atoms with van der Waals surface area (Å²) >= 11 is 0. The Hall–Kier alpha value is -1.31. The molecule has 0 amide bonds. The molecule has 0 saturated carbocycles. The molecule has 20 heavy (non-hydrogen) atoms. The maximum Gasteiger partial charge on any atom is 0.301 e. The van der Waals surface area contributed by atoms with Crippen LogP contribution in [0.4, 0.5) is 5.69 Å². The van der Waals surface area contributed by atoms with E-state index in [1.165, 1.54) is 4.31 Å². The number of rotatable bonds is 9. The molecule has 0 radical (unpaired) electrons. The lowest BCUT2D eigenvalue weighted by molar-refractivity contribution is 0.415. The molecule has 0 aliphatic carbocycles. The van der Waals surface area contributed by atoms with E-state index in [0.29, 0.717) is 37.5 Å². The predicted octanol–water partition coefficient (Wildman–Crippen LogP) is 1.09. The third-order valence-electron chi connectivity index (χ3n) is 2.75. The lowest BCUT2D eigenvalue weighted by atomic mass is 10.3. The Morgan fingerprint density at radius 3 is 2.45 bits per heavy atom. The maximum absolute atomic E-state index is 12.3. The molecular weight excluding hydrogens is 278 g/mol. The van der Waals surface area contributed by atoms with Crippen molar-refractivity contribution in [3.8, 4) is 5.75 Å². The zero-order valence-electron chi connectivity index (χ0n) is 12.0. The highest BCUT2D eigenvalue weighted by molar-refractivity contribution is 7.90. The van der Waals surface area contributed by atoms with Crippen LogP contribution in [0.3, 0.4) is 0 Å². The number of ether oxygens (including phenoxy) is 1. The summed E-state index contributed by atoms with van der Waals surface area (Å²) in [6.07, 6.45) is 1.34. The smallest absolute Gasteiger partial charge is 0.301 e. The Balaban J connectivity index is 2.97. The van der Waals surface area contributed by atoms with Gasteiger partial charge in [0.15, 0.2) is 0 Å². The van der Waals surface area contributed by atoms with Crippen LogP contribution in [0, 0.1) is 0 Å². The molecule has 7 heteroatoms. The number of nitrogens with one attached hydrogen (secondary N) is 1. The van der Waals surface area contributed by atoms with E-state index in [1.807, 2.05) is 6.92 Å². The molecule has 0 aliphatic rings. The zero-order chi connectivity index (χ0) is 15.0. The van der Waals surface area contributed by atoms with E-state index in [2.05, 4.69) is 4.72 Å². The Kier molecular flexibility index (Phi) is 6.77. The quantitative estimate of drug-likeness (QED) is 0.715. The fourth-order valence-electron chi connectivity index (χ4n) is 1.68. The minimum Gasteiger partial charge on any atom is -0.497 e. The van der Waals surface area contributed by atoms with Crippen molar-refractivity contribution in [3.05, 3.63) is 24.3 Å².